The minimum Gasteiger partial charge on any atom is -0.493 e. The molecule has 0 bridgehead atoms. The molecular weight excluding hydrogens is 422 g/mol. The van der Waals surface area contributed by atoms with Gasteiger partial charge in [0, 0.05) is 12.1 Å². The fourth-order valence-corrected chi connectivity index (χ4v) is 3.76. The largest absolute Gasteiger partial charge is 0.493 e. The molecule has 1 aliphatic heterocycles. The Morgan fingerprint density at radius 1 is 1.21 bits per heavy atom. The van der Waals surface area contributed by atoms with Crippen molar-refractivity contribution in [1.82, 2.24) is 4.90 Å². The second kappa shape index (κ2) is 12.4. The van der Waals surface area contributed by atoms with Crippen LogP contribution in [0, 0.1) is 0 Å². The number of allylic oxidation sites excluding steroid dienone is 1. The zero-order valence-electron chi connectivity index (χ0n) is 20.0. The van der Waals surface area contributed by atoms with Crippen molar-refractivity contribution in [2.45, 2.75) is 70.6 Å². The number of likely N-dealkylation sites (tertiary alicyclic amines) is 1. The molecule has 0 radical (unpaired) electrons. The zero-order chi connectivity index (χ0) is 24.4. The van der Waals surface area contributed by atoms with Gasteiger partial charge in [-0.15, -0.1) is 13.2 Å². The summed E-state index contributed by atoms with van der Waals surface area (Å²) in [5.41, 5.74) is 0.260. The van der Waals surface area contributed by atoms with Crippen LogP contribution in [0.1, 0.15) is 74.8 Å². The molecule has 0 saturated carbocycles. The van der Waals surface area contributed by atoms with Crippen molar-refractivity contribution in [3.05, 3.63) is 54.6 Å². The molecule has 0 unspecified atom stereocenters. The van der Waals surface area contributed by atoms with Crippen LogP contribution in [0.2, 0.25) is 0 Å². The molecule has 1 fully saturated rings. The van der Waals surface area contributed by atoms with Crippen LogP contribution in [0.4, 0.5) is 4.79 Å². The Hall–Kier alpha value is -2.80. The molecule has 2 atom stereocenters. The van der Waals surface area contributed by atoms with Crippen molar-refractivity contribution in [2.75, 3.05) is 19.8 Å². The third-order valence-electron chi connectivity index (χ3n) is 5.31. The molecule has 1 saturated heterocycles. The first-order chi connectivity index (χ1) is 15.7. The van der Waals surface area contributed by atoms with Gasteiger partial charge in [0.2, 0.25) is 0 Å². The quantitative estimate of drug-likeness (QED) is 0.334. The van der Waals surface area contributed by atoms with Gasteiger partial charge in [0.1, 0.15) is 11.4 Å². The van der Waals surface area contributed by atoms with E-state index in [0.717, 1.165) is 24.8 Å². The van der Waals surface area contributed by atoms with Crippen LogP contribution in [0.3, 0.4) is 0 Å². The molecule has 182 valence electrons. The smallest absolute Gasteiger partial charge is 0.410 e. The minimum atomic E-state index is -1.03. The molecule has 33 heavy (non-hydrogen) atoms. The topological polar surface area (TPSA) is 85.3 Å². The molecule has 1 aliphatic rings. The molecular formula is C26H37NO6. The van der Waals surface area contributed by atoms with E-state index in [2.05, 4.69) is 13.2 Å². The lowest BCUT2D eigenvalue weighted by molar-refractivity contribution is -0.0258. The summed E-state index contributed by atoms with van der Waals surface area (Å²) in [6.07, 6.45) is 6.95. The van der Waals surface area contributed by atoms with E-state index >= 15 is 0 Å². The van der Waals surface area contributed by atoms with Crippen LogP contribution < -0.4 is 4.74 Å². The van der Waals surface area contributed by atoms with Crippen LogP contribution in [0.5, 0.6) is 5.75 Å². The molecule has 1 N–H and O–H groups in total. The van der Waals surface area contributed by atoms with Gasteiger partial charge in [0.15, 0.2) is 0 Å². The van der Waals surface area contributed by atoms with Crippen LogP contribution in [0.15, 0.2) is 43.5 Å². The Morgan fingerprint density at radius 3 is 2.61 bits per heavy atom. The van der Waals surface area contributed by atoms with E-state index in [1.807, 2.05) is 26.8 Å². The number of rotatable bonds is 11. The summed E-state index contributed by atoms with van der Waals surface area (Å²) in [5, 5.41) is 9.48. The highest BCUT2D eigenvalue weighted by molar-refractivity contribution is 5.88. The van der Waals surface area contributed by atoms with Gasteiger partial charge in [-0.3, -0.25) is 0 Å². The average Bonchev–Trinajstić information content (AvgIpc) is 2.76. The number of hydrogen-bond donors (Lipinski definition) is 1. The van der Waals surface area contributed by atoms with E-state index in [0.29, 0.717) is 38.3 Å². The Kier molecular flexibility index (Phi) is 9.97. The van der Waals surface area contributed by atoms with Gasteiger partial charge in [-0.05, 0) is 65.0 Å². The van der Waals surface area contributed by atoms with Crippen LogP contribution in [0.25, 0.3) is 0 Å². The number of carbonyl (C=O) groups excluding carboxylic acids is 1. The number of piperidine rings is 1. The number of nitrogens with zero attached hydrogens (tertiary/aromatic N) is 1. The Labute approximate surface area is 197 Å². The molecule has 0 aliphatic carbocycles. The summed E-state index contributed by atoms with van der Waals surface area (Å²) < 4.78 is 17.6. The van der Waals surface area contributed by atoms with Gasteiger partial charge < -0.3 is 24.2 Å². The number of carbonyl (C=O) groups is 2. The SMILES string of the molecule is C=CCCCCOc1cc(C(=O)O)ccc1[C@@H]1C[C@@H](OCC=C)CCN1C(=O)OC(C)(C)C. The predicted molar refractivity (Wildman–Crippen MR) is 128 cm³/mol. The van der Waals surface area contributed by atoms with Crippen molar-refractivity contribution < 1.29 is 28.9 Å². The molecule has 7 nitrogen and oxygen atoms in total. The van der Waals surface area contributed by atoms with Crippen molar-refractivity contribution >= 4 is 12.1 Å². The van der Waals surface area contributed by atoms with E-state index in [1.54, 1.807) is 23.1 Å². The normalized spacial score (nSPS) is 18.5. The fraction of sp³-hybridized carbons (Fsp3) is 0.538. The van der Waals surface area contributed by atoms with Crippen molar-refractivity contribution in [1.29, 1.82) is 0 Å². The van der Waals surface area contributed by atoms with Crippen LogP contribution in [-0.4, -0.2) is 53.5 Å². The highest BCUT2D eigenvalue weighted by Crippen LogP contribution is 2.38. The molecule has 1 aromatic carbocycles. The van der Waals surface area contributed by atoms with Gasteiger partial charge in [-0.1, -0.05) is 18.2 Å². The lowest BCUT2D eigenvalue weighted by atomic mass is 9.92. The minimum absolute atomic E-state index is 0.0636. The van der Waals surface area contributed by atoms with Crippen molar-refractivity contribution in [3.8, 4) is 5.75 Å². The Bertz CT molecular complexity index is 829. The number of amides is 1. The molecule has 2 rings (SSSR count). The van der Waals surface area contributed by atoms with E-state index < -0.39 is 17.7 Å². The number of hydrogen-bond acceptors (Lipinski definition) is 5. The molecule has 1 aromatic rings. The first-order valence-electron chi connectivity index (χ1n) is 11.5. The number of unbranched alkanes of at least 4 members (excludes halogenated alkanes) is 2. The Morgan fingerprint density at radius 2 is 1.97 bits per heavy atom. The standard InChI is InChI=1S/C26H37NO6/c1-6-8-9-10-16-32-23-17-19(24(28)29)11-12-21(23)22-18-20(31-15-7-2)13-14-27(22)25(30)33-26(3,4)5/h6-7,11-12,17,20,22H,1-2,8-10,13-16,18H2,3-5H3,(H,28,29)/t20-,22-/m0/s1. The van der Waals surface area contributed by atoms with Crippen LogP contribution in [-0.2, 0) is 9.47 Å². The molecule has 1 amide bonds. The first kappa shape index (κ1) is 26.5. The van der Waals surface area contributed by atoms with E-state index in [1.165, 1.54) is 6.07 Å². The molecule has 7 heteroatoms. The van der Waals surface area contributed by atoms with E-state index in [-0.39, 0.29) is 17.7 Å². The third kappa shape index (κ3) is 8.24. The highest BCUT2D eigenvalue weighted by Gasteiger charge is 2.37. The van der Waals surface area contributed by atoms with Gasteiger partial charge in [0.05, 0.1) is 30.9 Å². The van der Waals surface area contributed by atoms with Crippen molar-refractivity contribution in [2.24, 2.45) is 0 Å². The average molecular weight is 460 g/mol. The lowest BCUT2D eigenvalue weighted by Crippen LogP contribution is -2.45. The third-order valence-corrected chi connectivity index (χ3v) is 5.31. The summed E-state index contributed by atoms with van der Waals surface area (Å²) in [7, 11) is 0. The summed E-state index contributed by atoms with van der Waals surface area (Å²) in [6.45, 7) is 14.3. The second-order valence-electron chi connectivity index (χ2n) is 9.15. The van der Waals surface area contributed by atoms with E-state index in [9.17, 15) is 14.7 Å². The predicted octanol–water partition coefficient (Wildman–Crippen LogP) is 5.76. The van der Waals surface area contributed by atoms with Crippen LogP contribution >= 0.6 is 0 Å². The van der Waals surface area contributed by atoms with Gasteiger partial charge in [-0.25, -0.2) is 9.59 Å². The maximum Gasteiger partial charge on any atom is 0.410 e. The maximum absolute atomic E-state index is 13.0. The number of benzene rings is 1. The number of aromatic carboxylic acids is 1. The number of carboxylic acids is 1. The summed E-state index contributed by atoms with van der Waals surface area (Å²) in [5.74, 6) is -0.561. The number of ether oxygens (including phenoxy) is 3. The van der Waals surface area contributed by atoms with Gasteiger partial charge in [-0.2, -0.15) is 0 Å². The van der Waals surface area contributed by atoms with E-state index in [4.69, 9.17) is 14.2 Å². The summed E-state index contributed by atoms with van der Waals surface area (Å²) in [6, 6.07) is 4.45. The van der Waals surface area contributed by atoms with Gasteiger partial charge >= 0.3 is 12.1 Å². The number of carboxylic acid groups (broad SMARTS) is 1. The second-order valence-corrected chi connectivity index (χ2v) is 9.15. The first-order valence-corrected chi connectivity index (χ1v) is 11.5. The lowest BCUT2D eigenvalue weighted by Gasteiger charge is -2.40. The monoisotopic (exact) mass is 459 g/mol. The molecule has 1 heterocycles. The van der Waals surface area contributed by atoms with Gasteiger partial charge in [0.25, 0.3) is 0 Å². The fourth-order valence-electron chi connectivity index (χ4n) is 3.76. The molecule has 0 aromatic heterocycles. The highest BCUT2D eigenvalue weighted by atomic mass is 16.6. The molecule has 0 spiro atoms. The van der Waals surface area contributed by atoms with Crippen molar-refractivity contribution in [3.63, 3.8) is 0 Å². The summed E-state index contributed by atoms with van der Waals surface area (Å²) >= 11 is 0. The Balaban J connectivity index is 2.36. The maximum atomic E-state index is 13.0. The zero-order valence-corrected chi connectivity index (χ0v) is 20.0. The summed E-state index contributed by atoms with van der Waals surface area (Å²) in [4.78, 5) is 26.3.